The third-order valence-electron chi connectivity index (χ3n) is 6.10. The highest BCUT2D eigenvalue weighted by Crippen LogP contribution is 2.39. The highest BCUT2D eigenvalue weighted by Gasteiger charge is 2.23. The van der Waals surface area contributed by atoms with Gasteiger partial charge in [0.25, 0.3) is 5.91 Å². The summed E-state index contributed by atoms with van der Waals surface area (Å²) in [7, 11) is 0. The Morgan fingerprint density at radius 3 is 2.85 bits per heavy atom. The van der Waals surface area contributed by atoms with Gasteiger partial charge >= 0.3 is 0 Å². The molecule has 5 aromatic heterocycles. The summed E-state index contributed by atoms with van der Waals surface area (Å²) in [5.41, 5.74) is 4.98. The molecule has 0 radical (unpaired) electrons. The first-order chi connectivity index (χ1) is 16.5. The van der Waals surface area contributed by atoms with E-state index in [0.717, 1.165) is 17.0 Å². The summed E-state index contributed by atoms with van der Waals surface area (Å²) in [4.78, 5) is 26.1. The average Bonchev–Trinajstić information content (AvgIpc) is 3.49. The summed E-state index contributed by atoms with van der Waals surface area (Å²) in [6.07, 6.45) is 11.9. The van der Waals surface area contributed by atoms with Gasteiger partial charge in [-0.2, -0.15) is 0 Å². The summed E-state index contributed by atoms with van der Waals surface area (Å²) in [6, 6.07) is 9.05. The van der Waals surface area contributed by atoms with Gasteiger partial charge in [-0.3, -0.25) is 9.78 Å². The molecule has 1 aliphatic carbocycles. The van der Waals surface area contributed by atoms with Crippen molar-refractivity contribution in [3.8, 4) is 0 Å². The molecule has 5 aromatic rings. The fraction of sp³-hybridized carbons (Fsp3) is 0.200. The van der Waals surface area contributed by atoms with Crippen LogP contribution in [0.25, 0.3) is 11.2 Å². The van der Waals surface area contributed by atoms with E-state index in [1.807, 2.05) is 12.3 Å². The molecule has 0 atom stereocenters. The zero-order valence-electron chi connectivity index (χ0n) is 18.1. The monoisotopic (exact) mass is 474 g/mol. The lowest BCUT2D eigenvalue weighted by atomic mass is 10.1. The van der Waals surface area contributed by atoms with Crippen molar-refractivity contribution in [1.29, 1.82) is 0 Å². The van der Waals surface area contributed by atoms with Crippen molar-refractivity contribution in [3.05, 3.63) is 100 Å². The maximum Gasteiger partial charge on any atom is 0.251 e. The van der Waals surface area contributed by atoms with Gasteiger partial charge < -0.3 is 14.1 Å². The first kappa shape index (κ1) is 20.8. The molecule has 9 heteroatoms. The van der Waals surface area contributed by atoms with Crippen molar-refractivity contribution < 1.29 is 9.18 Å². The van der Waals surface area contributed by atoms with Gasteiger partial charge in [-0.25, -0.2) is 14.4 Å². The Morgan fingerprint density at radius 2 is 2.00 bits per heavy atom. The number of carbonyl (C=O) groups is 1. The molecule has 1 saturated carbocycles. The zero-order valence-corrected chi connectivity index (χ0v) is 18.8. The Kier molecular flexibility index (Phi) is 5.03. The number of halogens is 2. The smallest absolute Gasteiger partial charge is 0.251 e. The molecule has 34 heavy (non-hydrogen) atoms. The average molecular weight is 475 g/mol. The number of carbonyl (C=O) groups excluding carboxylic acids is 1. The number of amides is 1. The van der Waals surface area contributed by atoms with E-state index < -0.39 is 5.82 Å². The standard InChI is InChI=1S/C25H20ClFN6O/c26-20-6-8-32-14-30-21(24(32)23(20)27)11-29-25(34)16-5-7-28-18(9-16)10-19-13-33-12-17(15-1-2-15)3-4-22(33)31-19/h3-9,12-15H,1-2,10-11H2,(H,29,34). The summed E-state index contributed by atoms with van der Waals surface area (Å²) in [5, 5.41) is 2.81. The van der Waals surface area contributed by atoms with Crippen LogP contribution >= 0.6 is 11.6 Å². The highest BCUT2D eigenvalue weighted by molar-refractivity contribution is 6.31. The summed E-state index contributed by atoms with van der Waals surface area (Å²) in [6.45, 7) is 0.0695. The number of nitrogens with zero attached hydrogens (tertiary/aromatic N) is 5. The van der Waals surface area contributed by atoms with Crippen molar-refractivity contribution in [2.24, 2.45) is 0 Å². The Morgan fingerprint density at radius 1 is 1.12 bits per heavy atom. The Labute approximate surface area is 199 Å². The van der Waals surface area contributed by atoms with E-state index in [1.54, 1.807) is 24.5 Å². The normalized spacial score (nSPS) is 13.6. The Balaban J connectivity index is 1.17. The van der Waals surface area contributed by atoms with Crippen LogP contribution in [0, 0.1) is 5.82 Å². The van der Waals surface area contributed by atoms with Crippen LogP contribution in [0.15, 0.2) is 61.4 Å². The third kappa shape index (κ3) is 3.90. The van der Waals surface area contributed by atoms with Gasteiger partial charge in [0.1, 0.15) is 11.2 Å². The largest absolute Gasteiger partial charge is 0.346 e. The molecule has 0 unspecified atom stereocenters. The lowest BCUT2D eigenvalue weighted by Crippen LogP contribution is -2.23. The second kappa shape index (κ2) is 8.22. The Bertz CT molecular complexity index is 1550. The molecule has 1 N–H and O–H groups in total. The van der Waals surface area contributed by atoms with Crippen LogP contribution in [-0.2, 0) is 13.0 Å². The van der Waals surface area contributed by atoms with Gasteiger partial charge in [-0.15, -0.1) is 0 Å². The predicted octanol–water partition coefficient (Wildman–Crippen LogP) is 4.57. The minimum Gasteiger partial charge on any atom is -0.346 e. The molecule has 170 valence electrons. The molecule has 0 aliphatic heterocycles. The quantitative estimate of drug-likeness (QED) is 0.391. The molecule has 1 aliphatic rings. The van der Waals surface area contributed by atoms with Crippen LogP contribution < -0.4 is 5.32 Å². The van der Waals surface area contributed by atoms with Gasteiger partial charge in [0.2, 0.25) is 0 Å². The van der Waals surface area contributed by atoms with Crippen LogP contribution in [0.4, 0.5) is 4.39 Å². The van der Waals surface area contributed by atoms with Crippen molar-refractivity contribution in [3.63, 3.8) is 0 Å². The third-order valence-corrected chi connectivity index (χ3v) is 6.39. The highest BCUT2D eigenvalue weighted by atomic mass is 35.5. The van der Waals surface area contributed by atoms with E-state index in [2.05, 4.69) is 36.9 Å². The van der Waals surface area contributed by atoms with E-state index in [4.69, 9.17) is 11.6 Å². The van der Waals surface area contributed by atoms with Crippen LogP contribution in [0.3, 0.4) is 0 Å². The van der Waals surface area contributed by atoms with Gasteiger partial charge in [-0.05, 0) is 48.6 Å². The molecule has 6 rings (SSSR count). The molecule has 1 amide bonds. The van der Waals surface area contributed by atoms with Crippen molar-refractivity contribution in [2.75, 3.05) is 0 Å². The number of fused-ring (bicyclic) bond motifs is 2. The molecule has 0 aromatic carbocycles. The molecular formula is C25H20ClFN6O. The topological polar surface area (TPSA) is 76.6 Å². The van der Waals surface area contributed by atoms with Crippen LogP contribution in [-0.4, -0.2) is 29.7 Å². The Hall–Kier alpha value is -3.78. The molecule has 0 spiro atoms. The predicted molar refractivity (Wildman–Crippen MR) is 126 cm³/mol. The minimum atomic E-state index is -0.561. The first-order valence-electron chi connectivity index (χ1n) is 11.1. The van der Waals surface area contributed by atoms with Crippen LogP contribution in [0.5, 0.6) is 0 Å². The number of hydrogen-bond acceptors (Lipinski definition) is 4. The maximum atomic E-state index is 14.4. The number of aromatic nitrogens is 5. The summed E-state index contributed by atoms with van der Waals surface area (Å²) >= 11 is 5.89. The lowest BCUT2D eigenvalue weighted by Gasteiger charge is -2.06. The van der Waals surface area contributed by atoms with Crippen molar-refractivity contribution in [2.45, 2.75) is 31.7 Å². The van der Waals surface area contributed by atoms with E-state index in [1.165, 1.54) is 35.2 Å². The fourth-order valence-corrected chi connectivity index (χ4v) is 4.33. The number of pyridine rings is 3. The van der Waals surface area contributed by atoms with E-state index >= 15 is 0 Å². The lowest BCUT2D eigenvalue weighted by molar-refractivity contribution is 0.0950. The fourth-order valence-electron chi connectivity index (χ4n) is 4.19. The second-order valence-electron chi connectivity index (χ2n) is 8.55. The van der Waals surface area contributed by atoms with Gasteiger partial charge in [0.15, 0.2) is 5.82 Å². The summed E-state index contributed by atoms with van der Waals surface area (Å²) in [5.74, 6) is -0.175. The van der Waals surface area contributed by atoms with E-state index in [-0.39, 0.29) is 23.0 Å². The van der Waals surface area contributed by atoms with E-state index in [9.17, 15) is 9.18 Å². The van der Waals surface area contributed by atoms with Crippen molar-refractivity contribution >= 4 is 28.7 Å². The van der Waals surface area contributed by atoms with Gasteiger partial charge in [-0.1, -0.05) is 17.7 Å². The molecular weight excluding hydrogens is 455 g/mol. The first-order valence-corrected chi connectivity index (χ1v) is 11.4. The van der Waals surface area contributed by atoms with Gasteiger partial charge in [0.05, 0.1) is 29.3 Å². The van der Waals surface area contributed by atoms with Crippen molar-refractivity contribution in [1.82, 2.24) is 29.1 Å². The molecule has 5 heterocycles. The number of imidazole rings is 2. The number of rotatable bonds is 6. The summed E-state index contributed by atoms with van der Waals surface area (Å²) < 4.78 is 18.0. The van der Waals surface area contributed by atoms with Gasteiger partial charge in [0, 0.05) is 42.5 Å². The SMILES string of the molecule is O=C(NCc1ncn2ccc(Cl)c(F)c12)c1ccnc(Cc2cn3cc(C4CC4)ccc3n2)c1. The molecule has 0 saturated heterocycles. The second-order valence-corrected chi connectivity index (χ2v) is 8.96. The van der Waals surface area contributed by atoms with E-state index in [0.29, 0.717) is 23.6 Å². The van der Waals surface area contributed by atoms with Crippen LogP contribution in [0.1, 0.15) is 51.8 Å². The minimum absolute atomic E-state index is 0.00932. The zero-order chi connectivity index (χ0) is 23.2. The number of nitrogens with one attached hydrogen (secondary N) is 1. The molecule has 1 fully saturated rings. The molecule has 7 nitrogen and oxygen atoms in total. The molecule has 0 bridgehead atoms. The van der Waals surface area contributed by atoms with Crippen LogP contribution in [0.2, 0.25) is 5.02 Å². The maximum absolute atomic E-state index is 14.4. The number of hydrogen-bond donors (Lipinski definition) is 1.